The van der Waals surface area contributed by atoms with Crippen LogP contribution in [0, 0.1) is 34.6 Å². The number of hydrogen-bond acceptors (Lipinski definition) is 2. The Morgan fingerprint density at radius 2 is 1.58 bits per heavy atom. The normalized spacial score (nSPS) is 11.9. The highest BCUT2D eigenvalue weighted by Crippen LogP contribution is 2.23. The van der Waals surface area contributed by atoms with Crippen molar-refractivity contribution in [1.29, 1.82) is 0 Å². The van der Waals surface area contributed by atoms with E-state index in [0.29, 0.717) is 6.42 Å². The predicted molar refractivity (Wildman–Crippen MR) is 99.9 cm³/mol. The van der Waals surface area contributed by atoms with Crippen molar-refractivity contribution in [3.63, 3.8) is 0 Å². The zero-order chi connectivity index (χ0) is 17.9. The van der Waals surface area contributed by atoms with Gasteiger partial charge in [-0.3, -0.25) is 4.79 Å². The van der Waals surface area contributed by atoms with Gasteiger partial charge in [-0.05, 0) is 75.4 Å². The molecule has 0 aromatic heterocycles. The van der Waals surface area contributed by atoms with Gasteiger partial charge in [-0.1, -0.05) is 30.7 Å². The molecule has 0 bridgehead atoms. The summed E-state index contributed by atoms with van der Waals surface area (Å²) in [7, 11) is 0. The van der Waals surface area contributed by atoms with E-state index in [-0.39, 0.29) is 5.91 Å². The summed E-state index contributed by atoms with van der Waals surface area (Å²) < 4.78 is 5.92. The Hall–Kier alpha value is -2.29. The second-order valence-corrected chi connectivity index (χ2v) is 6.52. The summed E-state index contributed by atoms with van der Waals surface area (Å²) in [5.41, 5.74) is 6.59. The molecular weight excluding hydrogens is 298 g/mol. The Bertz CT molecular complexity index is 726. The summed E-state index contributed by atoms with van der Waals surface area (Å²) in [5, 5.41) is 3.04. The van der Waals surface area contributed by atoms with E-state index < -0.39 is 6.10 Å². The average Bonchev–Trinajstić information content (AvgIpc) is 2.51. The number of anilines is 1. The monoisotopic (exact) mass is 325 g/mol. The summed E-state index contributed by atoms with van der Waals surface area (Å²) in [6, 6.07) is 10.1. The largest absolute Gasteiger partial charge is 0.481 e. The van der Waals surface area contributed by atoms with Gasteiger partial charge in [-0.25, -0.2) is 0 Å². The standard InChI is InChI=1S/C21H27NO2/c1-7-19(24-18-9-8-14(3)15(4)12-18)21(23)22-20-16(5)10-13(2)11-17(20)6/h8-12,19H,7H2,1-6H3,(H,22,23)/t19-/m0/s1. The number of carbonyl (C=O) groups is 1. The van der Waals surface area contributed by atoms with E-state index in [9.17, 15) is 4.79 Å². The first kappa shape index (κ1) is 18.1. The minimum absolute atomic E-state index is 0.106. The molecule has 0 aliphatic rings. The van der Waals surface area contributed by atoms with Crippen molar-refractivity contribution in [3.8, 4) is 5.75 Å². The molecule has 1 N–H and O–H groups in total. The summed E-state index contributed by atoms with van der Waals surface area (Å²) in [6.45, 7) is 12.2. The van der Waals surface area contributed by atoms with Crippen LogP contribution in [0.15, 0.2) is 30.3 Å². The van der Waals surface area contributed by atoms with Crippen LogP contribution in [0.4, 0.5) is 5.69 Å². The molecule has 0 heterocycles. The Balaban J connectivity index is 2.16. The first-order valence-electron chi connectivity index (χ1n) is 8.44. The lowest BCUT2D eigenvalue weighted by Gasteiger charge is -2.20. The van der Waals surface area contributed by atoms with E-state index in [1.165, 1.54) is 11.1 Å². The number of amides is 1. The summed E-state index contributed by atoms with van der Waals surface area (Å²) >= 11 is 0. The van der Waals surface area contributed by atoms with Gasteiger partial charge in [0.15, 0.2) is 6.10 Å². The number of benzene rings is 2. The quantitative estimate of drug-likeness (QED) is 0.838. The fourth-order valence-electron chi connectivity index (χ4n) is 2.85. The highest BCUT2D eigenvalue weighted by atomic mass is 16.5. The average molecular weight is 325 g/mol. The molecule has 24 heavy (non-hydrogen) atoms. The van der Waals surface area contributed by atoms with Crippen LogP contribution >= 0.6 is 0 Å². The maximum absolute atomic E-state index is 12.7. The zero-order valence-corrected chi connectivity index (χ0v) is 15.5. The number of carbonyl (C=O) groups excluding carboxylic acids is 1. The van der Waals surface area contributed by atoms with Crippen LogP contribution in [0.3, 0.4) is 0 Å². The van der Waals surface area contributed by atoms with Crippen molar-refractivity contribution in [2.75, 3.05) is 5.32 Å². The lowest BCUT2D eigenvalue weighted by atomic mass is 10.0. The molecule has 0 unspecified atom stereocenters. The Labute approximate surface area is 145 Å². The van der Waals surface area contributed by atoms with Crippen molar-refractivity contribution in [2.24, 2.45) is 0 Å². The van der Waals surface area contributed by atoms with Crippen molar-refractivity contribution in [2.45, 2.75) is 54.1 Å². The maximum atomic E-state index is 12.7. The van der Waals surface area contributed by atoms with E-state index in [0.717, 1.165) is 28.1 Å². The van der Waals surface area contributed by atoms with Crippen LogP contribution < -0.4 is 10.1 Å². The van der Waals surface area contributed by atoms with Crippen molar-refractivity contribution in [1.82, 2.24) is 0 Å². The minimum atomic E-state index is -0.507. The van der Waals surface area contributed by atoms with E-state index in [1.54, 1.807) is 0 Å². The Morgan fingerprint density at radius 3 is 2.12 bits per heavy atom. The topological polar surface area (TPSA) is 38.3 Å². The van der Waals surface area contributed by atoms with Crippen LogP contribution in [0.25, 0.3) is 0 Å². The summed E-state index contributed by atoms with van der Waals surface area (Å²) in [4.78, 5) is 12.7. The Morgan fingerprint density at radius 1 is 0.958 bits per heavy atom. The van der Waals surface area contributed by atoms with Gasteiger partial charge < -0.3 is 10.1 Å². The molecule has 0 radical (unpaired) electrons. The number of rotatable bonds is 5. The molecule has 1 amide bonds. The van der Waals surface area contributed by atoms with E-state index >= 15 is 0 Å². The minimum Gasteiger partial charge on any atom is -0.481 e. The molecule has 2 rings (SSSR count). The lowest BCUT2D eigenvalue weighted by molar-refractivity contribution is -0.122. The molecule has 2 aromatic rings. The van der Waals surface area contributed by atoms with Gasteiger partial charge in [-0.15, -0.1) is 0 Å². The summed E-state index contributed by atoms with van der Waals surface area (Å²) in [5.74, 6) is 0.628. The van der Waals surface area contributed by atoms with Gasteiger partial charge in [0.05, 0.1) is 0 Å². The first-order valence-corrected chi connectivity index (χ1v) is 8.44. The van der Waals surface area contributed by atoms with Crippen LogP contribution in [-0.4, -0.2) is 12.0 Å². The third-order valence-corrected chi connectivity index (χ3v) is 4.35. The molecule has 0 aliphatic heterocycles. The molecule has 128 valence electrons. The molecule has 2 aromatic carbocycles. The lowest BCUT2D eigenvalue weighted by Crippen LogP contribution is -2.32. The van der Waals surface area contributed by atoms with E-state index in [4.69, 9.17) is 4.74 Å². The highest BCUT2D eigenvalue weighted by molar-refractivity contribution is 5.95. The van der Waals surface area contributed by atoms with E-state index in [2.05, 4.69) is 31.3 Å². The molecule has 0 saturated carbocycles. The molecular formula is C21H27NO2. The summed E-state index contributed by atoms with van der Waals surface area (Å²) in [6.07, 6.45) is 0.107. The van der Waals surface area contributed by atoms with Crippen molar-refractivity contribution >= 4 is 11.6 Å². The van der Waals surface area contributed by atoms with Crippen LogP contribution in [0.1, 0.15) is 41.2 Å². The van der Waals surface area contributed by atoms with Gasteiger partial charge in [0, 0.05) is 5.69 Å². The SMILES string of the molecule is CC[C@H](Oc1ccc(C)c(C)c1)C(=O)Nc1c(C)cc(C)cc1C. The fourth-order valence-corrected chi connectivity index (χ4v) is 2.85. The highest BCUT2D eigenvalue weighted by Gasteiger charge is 2.20. The van der Waals surface area contributed by atoms with E-state index in [1.807, 2.05) is 45.9 Å². The molecule has 0 aliphatic carbocycles. The number of aryl methyl sites for hydroxylation is 5. The third-order valence-electron chi connectivity index (χ3n) is 4.35. The third kappa shape index (κ3) is 4.16. The maximum Gasteiger partial charge on any atom is 0.265 e. The number of nitrogens with one attached hydrogen (secondary N) is 1. The molecule has 0 fully saturated rings. The zero-order valence-electron chi connectivity index (χ0n) is 15.5. The molecule has 0 saturated heterocycles. The van der Waals surface area contributed by atoms with Crippen molar-refractivity contribution in [3.05, 3.63) is 58.1 Å². The molecule has 3 nitrogen and oxygen atoms in total. The van der Waals surface area contributed by atoms with Gasteiger partial charge in [0.25, 0.3) is 5.91 Å². The van der Waals surface area contributed by atoms with Crippen molar-refractivity contribution < 1.29 is 9.53 Å². The fraction of sp³-hybridized carbons (Fsp3) is 0.381. The smallest absolute Gasteiger partial charge is 0.265 e. The van der Waals surface area contributed by atoms with Crippen LogP contribution in [0.2, 0.25) is 0 Å². The van der Waals surface area contributed by atoms with Gasteiger partial charge in [0.1, 0.15) is 5.75 Å². The Kier molecular flexibility index (Phi) is 5.66. The first-order chi connectivity index (χ1) is 11.3. The van der Waals surface area contributed by atoms with Gasteiger partial charge in [0.2, 0.25) is 0 Å². The van der Waals surface area contributed by atoms with Crippen LogP contribution in [0.5, 0.6) is 5.75 Å². The second-order valence-electron chi connectivity index (χ2n) is 6.52. The molecule has 3 heteroatoms. The van der Waals surface area contributed by atoms with Crippen LogP contribution in [-0.2, 0) is 4.79 Å². The van der Waals surface area contributed by atoms with Gasteiger partial charge >= 0.3 is 0 Å². The predicted octanol–water partition coefficient (Wildman–Crippen LogP) is 5.02. The molecule has 1 atom stereocenters. The number of ether oxygens (including phenoxy) is 1. The van der Waals surface area contributed by atoms with Gasteiger partial charge in [-0.2, -0.15) is 0 Å². The second kappa shape index (κ2) is 7.52. The molecule has 0 spiro atoms. The number of hydrogen-bond donors (Lipinski definition) is 1.